The number of hydroxylamine groups is 4. The first kappa shape index (κ1) is 26.8. The van der Waals surface area contributed by atoms with E-state index in [0.717, 1.165) is 0 Å². The Kier molecular flexibility index (Phi) is 7.50. The van der Waals surface area contributed by atoms with Gasteiger partial charge >= 0.3 is 20.2 Å². The highest BCUT2D eigenvalue weighted by molar-refractivity contribution is 7.87. The van der Waals surface area contributed by atoms with Gasteiger partial charge in [0.1, 0.15) is 0 Å². The van der Waals surface area contributed by atoms with E-state index in [0.29, 0.717) is 5.06 Å². The number of imide groups is 2. The number of carbonyl (C=O) groups excluding carboxylic acids is 4. The first-order chi connectivity index (χ1) is 18.0. The Hall–Kier alpha value is -4.24. The summed E-state index contributed by atoms with van der Waals surface area (Å²) in [6, 6.07) is 20.7. The monoisotopic (exact) mass is 558 g/mol. The van der Waals surface area contributed by atoms with Crippen LogP contribution in [0.25, 0.3) is 0 Å². The number of benzene rings is 3. The normalized spacial score (nSPS) is 15.4. The van der Waals surface area contributed by atoms with Gasteiger partial charge in [0, 0.05) is 12.8 Å². The fourth-order valence-corrected chi connectivity index (χ4v) is 5.18. The lowest BCUT2D eigenvalue weighted by Gasteiger charge is -2.12. The van der Waals surface area contributed by atoms with E-state index in [2.05, 4.69) is 4.28 Å². The Labute approximate surface area is 217 Å². The summed E-state index contributed by atoms with van der Waals surface area (Å²) in [6.45, 7) is 0. The van der Waals surface area contributed by atoms with Gasteiger partial charge in [-0.25, -0.2) is 0 Å². The molecule has 1 fully saturated rings. The fourth-order valence-electron chi connectivity index (χ4n) is 3.33. The third-order valence-corrected chi connectivity index (χ3v) is 7.56. The molecule has 0 atom stereocenters. The second-order valence-corrected chi connectivity index (χ2v) is 10.8. The lowest BCUT2D eigenvalue weighted by Crippen LogP contribution is -2.32. The number of fused-ring (bicyclic) bond motifs is 1. The summed E-state index contributed by atoms with van der Waals surface area (Å²) in [5, 5.41) is 0.579. The van der Waals surface area contributed by atoms with Gasteiger partial charge in [-0.3, -0.25) is 19.2 Å². The van der Waals surface area contributed by atoms with Gasteiger partial charge in [0.15, 0.2) is 0 Å². The maximum absolute atomic E-state index is 12.1. The van der Waals surface area contributed by atoms with Crippen molar-refractivity contribution in [2.45, 2.75) is 22.6 Å². The van der Waals surface area contributed by atoms with Crippen LogP contribution in [0.1, 0.15) is 33.6 Å². The van der Waals surface area contributed by atoms with Crippen molar-refractivity contribution in [3.05, 3.63) is 96.1 Å². The third kappa shape index (κ3) is 5.52. The summed E-state index contributed by atoms with van der Waals surface area (Å²) in [4.78, 5) is 46.2. The molecule has 4 amide bonds. The molecule has 0 unspecified atom stereocenters. The van der Waals surface area contributed by atoms with Crippen LogP contribution in [0.2, 0.25) is 0 Å². The predicted molar refractivity (Wildman–Crippen MR) is 127 cm³/mol. The van der Waals surface area contributed by atoms with Gasteiger partial charge in [-0.05, 0) is 36.4 Å². The van der Waals surface area contributed by atoms with Gasteiger partial charge in [0.05, 0.1) is 20.9 Å². The van der Waals surface area contributed by atoms with Crippen LogP contribution in [0.5, 0.6) is 0 Å². The molecule has 1 saturated heterocycles. The van der Waals surface area contributed by atoms with E-state index in [1.54, 1.807) is 24.3 Å². The molecule has 0 radical (unpaired) electrons. The number of amides is 4. The highest BCUT2D eigenvalue weighted by Crippen LogP contribution is 2.25. The van der Waals surface area contributed by atoms with Crippen molar-refractivity contribution < 1.29 is 44.6 Å². The highest BCUT2D eigenvalue weighted by atomic mass is 32.2. The lowest BCUT2D eigenvalue weighted by molar-refractivity contribution is -0.163. The average molecular weight is 559 g/mol. The quantitative estimate of drug-likeness (QED) is 0.409. The van der Waals surface area contributed by atoms with E-state index < -0.39 is 43.9 Å². The van der Waals surface area contributed by atoms with E-state index >= 15 is 0 Å². The minimum atomic E-state index is -4.24. The Morgan fingerprint density at radius 1 is 0.500 bits per heavy atom. The zero-order chi connectivity index (χ0) is 27.5. The molecule has 2 aliphatic rings. The summed E-state index contributed by atoms with van der Waals surface area (Å²) in [5.74, 6) is -2.88. The Morgan fingerprint density at radius 3 is 1.24 bits per heavy atom. The van der Waals surface area contributed by atoms with Gasteiger partial charge in [0.25, 0.3) is 23.6 Å². The van der Waals surface area contributed by atoms with E-state index in [4.69, 9.17) is 4.28 Å². The molecule has 0 aromatic heterocycles. The average Bonchev–Trinajstić information content (AvgIpc) is 3.35. The van der Waals surface area contributed by atoms with Crippen LogP contribution in [-0.4, -0.2) is 50.6 Å². The van der Waals surface area contributed by atoms with Gasteiger partial charge < -0.3 is 0 Å². The van der Waals surface area contributed by atoms with Crippen molar-refractivity contribution >= 4 is 43.9 Å². The molecule has 3 aromatic carbocycles. The number of hydrogen-bond donors (Lipinski definition) is 0. The zero-order valence-electron chi connectivity index (χ0n) is 19.3. The summed E-state index contributed by atoms with van der Waals surface area (Å²) in [6.07, 6.45) is -0.0493. The van der Waals surface area contributed by atoms with Crippen molar-refractivity contribution in [1.82, 2.24) is 10.1 Å². The number of hydrogen-bond acceptors (Lipinski definition) is 10. The van der Waals surface area contributed by atoms with Crippen molar-refractivity contribution in [1.29, 1.82) is 0 Å². The molecular formula is C24H18N2O10S2. The van der Waals surface area contributed by atoms with Crippen molar-refractivity contribution in [2.24, 2.45) is 0 Å². The van der Waals surface area contributed by atoms with Crippen LogP contribution >= 0.6 is 0 Å². The molecule has 38 heavy (non-hydrogen) atoms. The molecule has 0 spiro atoms. The number of nitrogens with zero attached hydrogens (tertiary/aromatic N) is 2. The van der Waals surface area contributed by atoms with E-state index in [1.807, 2.05) is 0 Å². The number of rotatable bonds is 6. The summed E-state index contributed by atoms with van der Waals surface area (Å²) < 4.78 is 56.8. The van der Waals surface area contributed by atoms with Gasteiger partial charge in [-0.1, -0.05) is 48.5 Å². The second kappa shape index (κ2) is 10.6. The first-order valence-electron chi connectivity index (χ1n) is 10.8. The molecule has 0 saturated carbocycles. The Morgan fingerprint density at radius 2 is 0.842 bits per heavy atom. The topological polar surface area (TPSA) is 161 Å². The van der Waals surface area contributed by atoms with Crippen LogP contribution in [0.3, 0.4) is 0 Å². The highest BCUT2D eigenvalue weighted by Gasteiger charge is 2.40. The smallest absolute Gasteiger partial charge is 0.272 e. The standard InChI is InChI=1S/C14H9NO5S.C10H9NO5S/c16-13-11-8-4-5-9-12(11)14(17)15(13)20-21(18,19)10-6-2-1-3-7-10;12-9-6-7-10(13)11(9)16-17(14,15)8-4-2-1-3-5-8/h1-9H;1-5H,6-7H2. The minimum Gasteiger partial charge on any atom is -0.272 e. The van der Waals surface area contributed by atoms with Crippen molar-refractivity contribution in [3.8, 4) is 0 Å². The second-order valence-electron chi connectivity index (χ2n) is 7.72. The van der Waals surface area contributed by atoms with Gasteiger partial charge in [-0.2, -0.15) is 16.8 Å². The van der Waals surface area contributed by atoms with E-state index in [1.165, 1.54) is 60.7 Å². The van der Waals surface area contributed by atoms with Crippen LogP contribution in [0.15, 0.2) is 94.7 Å². The zero-order valence-corrected chi connectivity index (χ0v) is 20.9. The Balaban J connectivity index is 0.000000181. The van der Waals surface area contributed by atoms with Crippen molar-refractivity contribution in [2.75, 3.05) is 0 Å². The summed E-state index contributed by atoms with van der Waals surface area (Å²) >= 11 is 0. The summed E-state index contributed by atoms with van der Waals surface area (Å²) in [7, 11) is -8.37. The number of carbonyl (C=O) groups is 4. The summed E-state index contributed by atoms with van der Waals surface area (Å²) in [5.41, 5.74) is 0.233. The molecule has 0 bridgehead atoms. The molecule has 14 heteroatoms. The molecule has 5 rings (SSSR count). The van der Waals surface area contributed by atoms with E-state index in [-0.39, 0.29) is 38.8 Å². The largest absolute Gasteiger partial charge is 0.318 e. The fraction of sp³-hybridized carbons (Fsp3) is 0.0833. The van der Waals surface area contributed by atoms with Gasteiger partial charge in [-0.15, -0.1) is 18.7 Å². The SMILES string of the molecule is O=C1CCC(=O)N1OS(=O)(=O)c1ccccc1.O=C1c2ccccc2C(=O)N1OS(=O)(=O)c1ccccc1. The van der Waals surface area contributed by atoms with Crippen LogP contribution in [0, 0.1) is 0 Å². The molecule has 0 N–H and O–H groups in total. The lowest BCUT2D eigenvalue weighted by atomic mass is 10.1. The Bertz CT molecular complexity index is 1570. The molecule has 12 nitrogen and oxygen atoms in total. The predicted octanol–water partition coefficient (Wildman–Crippen LogP) is 2.06. The molecule has 2 heterocycles. The molecule has 196 valence electrons. The van der Waals surface area contributed by atoms with Crippen molar-refractivity contribution in [3.63, 3.8) is 0 Å². The third-order valence-electron chi connectivity index (χ3n) is 5.17. The molecule has 2 aliphatic heterocycles. The van der Waals surface area contributed by atoms with Crippen LogP contribution in [0.4, 0.5) is 0 Å². The maximum atomic E-state index is 12.1. The molecular weight excluding hydrogens is 540 g/mol. The van der Waals surface area contributed by atoms with E-state index in [9.17, 15) is 36.0 Å². The first-order valence-corrected chi connectivity index (χ1v) is 13.7. The molecule has 0 aliphatic carbocycles. The molecule has 3 aromatic rings. The van der Waals surface area contributed by atoms with Crippen LogP contribution in [-0.2, 0) is 38.4 Å². The van der Waals surface area contributed by atoms with Crippen LogP contribution < -0.4 is 0 Å². The maximum Gasteiger partial charge on any atom is 0.318 e. The minimum absolute atomic E-state index is 0.0247. The van der Waals surface area contributed by atoms with Gasteiger partial charge in [0.2, 0.25) is 0 Å².